The Morgan fingerprint density at radius 3 is 2.31 bits per heavy atom. The van der Waals surface area contributed by atoms with E-state index in [1.54, 1.807) is 12.1 Å². The van der Waals surface area contributed by atoms with Gasteiger partial charge in [0.1, 0.15) is 10.6 Å². The maximum Gasteiger partial charge on any atom is 0.416 e. The number of anilines is 1. The summed E-state index contributed by atoms with van der Waals surface area (Å²) in [5.74, 6) is -1.58. The van der Waals surface area contributed by atoms with Gasteiger partial charge < -0.3 is 9.84 Å². The number of aromatic carboxylic acids is 1. The van der Waals surface area contributed by atoms with E-state index in [2.05, 4.69) is 4.72 Å². The molecule has 0 aromatic heterocycles. The lowest BCUT2D eigenvalue weighted by Crippen LogP contribution is -2.16. The fraction of sp³-hybridized carbons (Fsp3) is 0.0952. The normalized spacial score (nSPS) is 11.8. The highest BCUT2D eigenvalue weighted by Crippen LogP contribution is 2.39. The lowest BCUT2D eigenvalue weighted by molar-refractivity contribution is -0.137. The lowest BCUT2D eigenvalue weighted by Gasteiger charge is -2.17. The van der Waals surface area contributed by atoms with Gasteiger partial charge in [-0.3, -0.25) is 4.72 Å². The van der Waals surface area contributed by atoms with Crippen molar-refractivity contribution in [2.45, 2.75) is 11.1 Å². The van der Waals surface area contributed by atoms with E-state index in [0.29, 0.717) is 11.6 Å². The number of sulfonamides is 1. The first-order valence-corrected chi connectivity index (χ1v) is 10.7. The van der Waals surface area contributed by atoms with Crippen molar-refractivity contribution in [2.75, 3.05) is 11.8 Å². The molecule has 0 radical (unpaired) electrons. The molecule has 3 rings (SSSR count). The van der Waals surface area contributed by atoms with E-state index in [0.717, 1.165) is 30.3 Å². The number of halogens is 4. The quantitative estimate of drug-likeness (QED) is 0.478. The monoisotopic (exact) mass is 485 g/mol. The Morgan fingerprint density at radius 1 is 1.03 bits per heavy atom. The number of hydrogen-bond donors (Lipinski definition) is 2. The molecule has 0 heterocycles. The number of hydrogen-bond acceptors (Lipinski definition) is 4. The van der Waals surface area contributed by atoms with E-state index in [4.69, 9.17) is 16.3 Å². The van der Waals surface area contributed by atoms with E-state index in [1.807, 2.05) is 0 Å². The van der Waals surface area contributed by atoms with Crippen molar-refractivity contribution in [2.24, 2.45) is 0 Å². The molecule has 0 aliphatic carbocycles. The second kappa shape index (κ2) is 8.71. The Hall–Kier alpha value is -3.24. The van der Waals surface area contributed by atoms with Gasteiger partial charge in [-0.15, -0.1) is 0 Å². The average molecular weight is 486 g/mol. The number of nitrogens with one attached hydrogen (secondary N) is 1. The van der Waals surface area contributed by atoms with Crippen LogP contribution < -0.4 is 9.46 Å². The van der Waals surface area contributed by atoms with E-state index in [-0.39, 0.29) is 21.9 Å². The number of carboxylic acids is 1. The minimum atomic E-state index is -4.74. The van der Waals surface area contributed by atoms with Gasteiger partial charge in [0.2, 0.25) is 0 Å². The minimum absolute atomic E-state index is 0.0977. The fourth-order valence-corrected chi connectivity index (χ4v) is 4.44. The van der Waals surface area contributed by atoms with Crippen LogP contribution in [0.4, 0.5) is 18.9 Å². The number of carbonyl (C=O) groups is 1. The molecule has 3 aromatic carbocycles. The van der Waals surface area contributed by atoms with Crippen LogP contribution in [0.5, 0.6) is 5.75 Å². The SMILES string of the molecule is COc1ccc(C(=O)O)cc1S(=O)(=O)Nc1cc(C(F)(F)F)ccc1-c1ccccc1Cl. The molecular formula is C21H15ClF3NO5S. The molecule has 3 aromatic rings. The maximum atomic E-state index is 13.3. The lowest BCUT2D eigenvalue weighted by atomic mass is 10.0. The Morgan fingerprint density at radius 2 is 1.72 bits per heavy atom. The number of methoxy groups -OCH3 is 1. The molecule has 11 heteroatoms. The highest BCUT2D eigenvalue weighted by molar-refractivity contribution is 7.92. The van der Waals surface area contributed by atoms with E-state index < -0.39 is 38.3 Å². The summed E-state index contributed by atoms with van der Waals surface area (Å²) >= 11 is 6.17. The summed E-state index contributed by atoms with van der Waals surface area (Å²) in [6.07, 6.45) is -4.74. The second-order valence-electron chi connectivity index (χ2n) is 6.51. The van der Waals surface area contributed by atoms with Gasteiger partial charge in [-0.05, 0) is 36.4 Å². The van der Waals surface area contributed by atoms with Crippen LogP contribution in [0.3, 0.4) is 0 Å². The molecule has 0 atom stereocenters. The Kier molecular flexibility index (Phi) is 6.38. The molecule has 0 aliphatic heterocycles. The average Bonchev–Trinajstić information content (AvgIpc) is 2.73. The van der Waals surface area contributed by atoms with Gasteiger partial charge in [-0.2, -0.15) is 13.2 Å². The first kappa shape index (κ1) is 23.4. The van der Waals surface area contributed by atoms with Crippen molar-refractivity contribution in [3.63, 3.8) is 0 Å². The van der Waals surface area contributed by atoms with Gasteiger partial charge in [0.25, 0.3) is 10.0 Å². The molecule has 0 fully saturated rings. The molecule has 168 valence electrons. The topological polar surface area (TPSA) is 92.7 Å². The fourth-order valence-electron chi connectivity index (χ4n) is 2.94. The summed E-state index contributed by atoms with van der Waals surface area (Å²) in [7, 11) is -3.39. The third kappa shape index (κ3) is 4.81. The summed E-state index contributed by atoms with van der Waals surface area (Å²) in [5, 5.41) is 9.37. The number of alkyl halides is 3. The molecule has 0 saturated heterocycles. The first-order valence-electron chi connectivity index (χ1n) is 8.84. The zero-order valence-electron chi connectivity index (χ0n) is 16.3. The molecule has 0 bridgehead atoms. The first-order chi connectivity index (χ1) is 14.9. The maximum absolute atomic E-state index is 13.3. The van der Waals surface area contributed by atoms with Crippen LogP contribution in [-0.2, 0) is 16.2 Å². The smallest absolute Gasteiger partial charge is 0.416 e. The van der Waals surface area contributed by atoms with Crippen LogP contribution in [0.1, 0.15) is 15.9 Å². The second-order valence-corrected chi connectivity index (χ2v) is 8.57. The van der Waals surface area contributed by atoms with E-state index >= 15 is 0 Å². The summed E-state index contributed by atoms with van der Waals surface area (Å²) in [5.41, 5.74) is -1.43. The highest BCUT2D eigenvalue weighted by Gasteiger charge is 2.32. The van der Waals surface area contributed by atoms with Crippen LogP contribution in [0.25, 0.3) is 11.1 Å². The van der Waals surface area contributed by atoms with Crippen molar-refractivity contribution in [3.8, 4) is 16.9 Å². The van der Waals surface area contributed by atoms with Crippen LogP contribution in [0.15, 0.2) is 65.6 Å². The summed E-state index contributed by atoms with van der Waals surface area (Å²) in [6.45, 7) is 0. The summed E-state index contributed by atoms with van der Waals surface area (Å²) in [6, 6.07) is 11.9. The Balaban J connectivity index is 2.20. The molecule has 2 N–H and O–H groups in total. The van der Waals surface area contributed by atoms with Crippen LogP contribution in [0, 0.1) is 0 Å². The molecule has 0 spiro atoms. The Bertz CT molecular complexity index is 1290. The van der Waals surface area contributed by atoms with Crippen molar-refractivity contribution in [3.05, 3.63) is 76.8 Å². The van der Waals surface area contributed by atoms with Gasteiger partial charge in [0, 0.05) is 16.1 Å². The van der Waals surface area contributed by atoms with Gasteiger partial charge in [0.15, 0.2) is 0 Å². The van der Waals surface area contributed by atoms with Gasteiger partial charge in [-0.1, -0.05) is 35.9 Å². The third-order valence-electron chi connectivity index (χ3n) is 4.46. The number of carboxylic acid groups (broad SMARTS) is 1. The van der Waals surface area contributed by atoms with Crippen LogP contribution >= 0.6 is 11.6 Å². The molecular weight excluding hydrogens is 471 g/mol. The zero-order chi connectivity index (χ0) is 23.7. The van der Waals surface area contributed by atoms with Gasteiger partial charge in [-0.25, -0.2) is 13.2 Å². The predicted molar refractivity (Wildman–Crippen MR) is 113 cm³/mol. The highest BCUT2D eigenvalue weighted by atomic mass is 35.5. The van der Waals surface area contributed by atoms with Gasteiger partial charge >= 0.3 is 12.1 Å². The molecule has 32 heavy (non-hydrogen) atoms. The van der Waals surface area contributed by atoms with Crippen LogP contribution in [0.2, 0.25) is 5.02 Å². The van der Waals surface area contributed by atoms with E-state index in [9.17, 15) is 31.5 Å². The van der Waals surface area contributed by atoms with Crippen molar-refractivity contribution < 1.29 is 36.2 Å². The molecule has 0 aliphatic rings. The zero-order valence-corrected chi connectivity index (χ0v) is 17.8. The minimum Gasteiger partial charge on any atom is -0.495 e. The third-order valence-corrected chi connectivity index (χ3v) is 6.17. The number of rotatable bonds is 6. The van der Waals surface area contributed by atoms with Crippen molar-refractivity contribution in [1.29, 1.82) is 0 Å². The summed E-state index contributed by atoms with van der Waals surface area (Å²) < 4.78 is 73.2. The number of ether oxygens (including phenoxy) is 1. The predicted octanol–water partition coefficient (Wildman–Crippen LogP) is 5.53. The molecule has 0 saturated carbocycles. The van der Waals surface area contributed by atoms with Crippen molar-refractivity contribution in [1.82, 2.24) is 0 Å². The number of benzene rings is 3. The van der Waals surface area contributed by atoms with Crippen molar-refractivity contribution >= 4 is 33.3 Å². The Labute approximate surface area is 186 Å². The largest absolute Gasteiger partial charge is 0.495 e. The van der Waals surface area contributed by atoms with E-state index in [1.165, 1.54) is 19.2 Å². The molecule has 0 amide bonds. The summed E-state index contributed by atoms with van der Waals surface area (Å²) in [4.78, 5) is 10.7. The standard InChI is InChI=1S/C21H15ClF3NO5S/c1-31-18-9-6-12(20(27)28)10-19(18)32(29,30)26-17-11-13(21(23,24)25)7-8-15(17)14-4-2-3-5-16(14)22/h2-11,26H,1H3,(H,27,28). The van der Waals surface area contributed by atoms with Crippen LogP contribution in [-0.4, -0.2) is 26.6 Å². The van der Waals surface area contributed by atoms with Gasteiger partial charge in [0.05, 0.1) is 23.9 Å². The molecule has 6 nitrogen and oxygen atoms in total. The molecule has 0 unspecified atom stereocenters.